The van der Waals surface area contributed by atoms with Crippen molar-refractivity contribution in [3.05, 3.63) is 62.7 Å². The fourth-order valence-corrected chi connectivity index (χ4v) is 2.59. The molecule has 1 unspecified atom stereocenters. The number of hydrazone groups is 1. The lowest BCUT2D eigenvalue weighted by molar-refractivity contribution is -0.384. The largest absolute Gasteiger partial charge is 0.288 e. The van der Waals surface area contributed by atoms with Gasteiger partial charge >= 0.3 is 0 Å². The molecular weight excluding hydrogens is 330 g/mol. The van der Waals surface area contributed by atoms with Crippen LogP contribution in [0.15, 0.2) is 47.1 Å². The summed E-state index contributed by atoms with van der Waals surface area (Å²) in [6, 6.07) is 3.88. The molecule has 1 aromatic carbocycles. The number of nitrogens with zero attached hydrogens (tertiary/aromatic N) is 2. The fourth-order valence-electron chi connectivity index (χ4n) is 2.40. The molecular formula is C17H18ClN3O3. The molecule has 1 N–H and O–H groups in total. The molecule has 1 aromatic rings. The second kappa shape index (κ2) is 7.40. The zero-order valence-corrected chi connectivity index (χ0v) is 14.3. The van der Waals surface area contributed by atoms with Crippen LogP contribution in [-0.2, 0) is 0 Å². The van der Waals surface area contributed by atoms with Crippen molar-refractivity contribution in [2.45, 2.75) is 26.7 Å². The topological polar surface area (TPSA) is 84.6 Å². The van der Waals surface area contributed by atoms with Crippen LogP contribution in [0.5, 0.6) is 0 Å². The molecule has 2 rings (SSSR count). The number of allylic oxidation sites excluding steroid dienone is 3. The Balaban J connectivity index is 2.16. The SMILES string of the molecule is C=C(C)C1CC=C(C)/C(=N/NC(=O)c2ccc(Cl)c([N+](=O)[O-])c2)C1. The van der Waals surface area contributed by atoms with E-state index in [-0.39, 0.29) is 16.3 Å². The van der Waals surface area contributed by atoms with Crippen molar-refractivity contribution in [2.24, 2.45) is 11.0 Å². The third kappa shape index (κ3) is 4.08. The summed E-state index contributed by atoms with van der Waals surface area (Å²) in [5, 5.41) is 15.1. The summed E-state index contributed by atoms with van der Waals surface area (Å²) in [4.78, 5) is 22.4. The van der Waals surface area contributed by atoms with Crippen LogP contribution in [0.3, 0.4) is 0 Å². The number of amides is 1. The fraction of sp³-hybridized carbons (Fsp3) is 0.294. The van der Waals surface area contributed by atoms with E-state index in [4.69, 9.17) is 11.6 Å². The molecule has 0 saturated carbocycles. The highest BCUT2D eigenvalue weighted by Crippen LogP contribution is 2.27. The van der Waals surface area contributed by atoms with E-state index in [1.165, 1.54) is 12.1 Å². The van der Waals surface area contributed by atoms with Crippen LogP contribution in [-0.4, -0.2) is 16.5 Å². The number of carbonyl (C=O) groups excluding carboxylic acids is 1. The average Bonchev–Trinajstić information content (AvgIpc) is 2.53. The van der Waals surface area contributed by atoms with Gasteiger partial charge in [0.1, 0.15) is 5.02 Å². The Morgan fingerprint density at radius 2 is 2.21 bits per heavy atom. The van der Waals surface area contributed by atoms with Crippen LogP contribution in [0.1, 0.15) is 37.0 Å². The van der Waals surface area contributed by atoms with E-state index < -0.39 is 10.8 Å². The van der Waals surface area contributed by atoms with E-state index in [0.717, 1.165) is 29.3 Å². The second-order valence-electron chi connectivity index (χ2n) is 5.79. The van der Waals surface area contributed by atoms with Crippen molar-refractivity contribution in [1.29, 1.82) is 0 Å². The smallest absolute Gasteiger partial charge is 0.267 e. The number of nitrogens with one attached hydrogen (secondary N) is 1. The van der Waals surface area contributed by atoms with Gasteiger partial charge in [0, 0.05) is 11.6 Å². The van der Waals surface area contributed by atoms with Gasteiger partial charge in [-0.1, -0.05) is 29.8 Å². The maximum atomic E-state index is 12.2. The Bertz CT molecular complexity index is 768. The molecule has 0 aromatic heterocycles. The van der Waals surface area contributed by atoms with Gasteiger partial charge in [-0.25, -0.2) is 5.43 Å². The summed E-state index contributed by atoms with van der Waals surface area (Å²) in [5.41, 5.74) is 5.14. The van der Waals surface area contributed by atoms with Gasteiger partial charge in [-0.2, -0.15) is 5.10 Å². The molecule has 0 aliphatic heterocycles. The predicted octanol–water partition coefficient (Wildman–Crippen LogP) is 4.27. The first-order chi connectivity index (χ1) is 11.3. The molecule has 1 aliphatic carbocycles. The van der Waals surface area contributed by atoms with Gasteiger partial charge < -0.3 is 0 Å². The number of nitro benzene ring substituents is 1. The molecule has 6 nitrogen and oxygen atoms in total. The number of hydrogen-bond donors (Lipinski definition) is 1. The van der Waals surface area contributed by atoms with Crippen LogP contribution in [0.2, 0.25) is 5.02 Å². The van der Waals surface area contributed by atoms with Crippen molar-refractivity contribution >= 4 is 28.9 Å². The minimum Gasteiger partial charge on any atom is -0.267 e. The van der Waals surface area contributed by atoms with E-state index in [1.54, 1.807) is 0 Å². The van der Waals surface area contributed by atoms with Gasteiger partial charge in [0.25, 0.3) is 11.6 Å². The van der Waals surface area contributed by atoms with Crippen molar-refractivity contribution in [1.82, 2.24) is 5.43 Å². The molecule has 1 aliphatic rings. The predicted molar refractivity (Wildman–Crippen MR) is 94.3 cm³/mol. The quantitative estimate of drug-likeness (QED) is 0.501. The zero-order chi connectivity index (χ0) is 17.9. The third-order valence-corrected chi connectivity index (χ3v) is 4.32. The Hall–Kier alpha value is -2.47. The van der Waals surface area contributed by atoms with E-state index in [1.807, 2.05) is 13.8 Å². The highest BCUT2D eigenvalue weighted by atomic mass is 35.5. The number of benzene rings is 1. The van der Waals surface area contributed by atoms with E-state index in [9.17, 15) is 14.9 Å². The lowest BCUT2D eigenvalue weighted by Crippen LogP contribution is -2.23. The van der Waals surface area contributed by atoms with E-state index in [0.29, 0.717) is 12.3 Å². The summed E-state index contributed by atoms with van der Waals surface area (Å²) >= 11 is 5.74. The molecule has 126 valence electrons. The molecule has 0 radical (unpaired) electrons. The van der Waals surface area contributed by atoms with Crippen molar-refractivity contribution < 1.29 is 9.72 Å². The Morgan fingerprint density at radius 1 is 1.50 bits per heavy atom. The minimum atomic E-state index is -0.628. The first-order valence-electron chi connectivity index (χ1n) is 7.43. The van der Waals surface area contributed by atoms with Gasteiger partial charge in [-0.05, 0) is 50.3 Å². The van der Waals surface area contributed by atoms with Crippen molar-refractivity contribution in [2.75, 3.05) is 0 Å². The highest BCUT2D eigenvalue weighted by Gasteiger charge is 2.20. The first kappa shape index (κ1) is 17.9. The monoisotopic (exact) mass is 347 g/mol. The highest BCUT2D eigenvalue weighted by molar-refractivity contribution is 6.32. The summed E-state index contributed by atoms with van der Waals surface area (Å²) in [6.07, 6.45) is 3.69. The van der Waals surface area contributed by atoms with E-state index in [2.05, 4.69) is 23.2 Å². The number of rotatable bonds is 4. The second-order valence-corrected chi connectivity index (χ2v) is 6.20. The number of nitro groups is 1. The van der Waals surface area contributed by atoms with Crippen LogP contribution in [0, 0.1) is 16.0 Å². The lowest BCUT2D eigenvalue weighted by atomic mass is 9.85. The lowest BCUT2D eigenvalue weighted by Gasteiger charge is -2.22. The number of hydrogen-bond acceptors (Lipinski definition) is 4. The zero-order valence-electron chi connectivity index (χ0n) is 13.5. The molecule has 24 heavy (non-hydrogen) atoms. The Kier molecular flexibility index (Phi) is 5.51. The van der Waals surface area contributed by atoms with Gasteiger partial charge in [0.15, 0.2) is 0 Å². The molecule has 0 fully saturated rings. The van der Waals surface area contributed by atoms with Gasteiger partial charge in [0.05, 0.1) is 10.6 Å². The average molecular weight is 348 g/mol. The standard InChI is InChI=1S/C17H18ClN3O3/c1-10(2)12-5-4-11(3)15(8-12)19-20-17(22)13-6-7-14(18)16(9-13)21(23)24/h4,6-7,9,12H,1,5,8H2,2-3H3,(H,20,22)/b19-15+. The summed E-state index contributed by atoms with van der Waals surface area (Å²) < 4.78 is 0. The normalized spacial score (nSPS) is 18.9. The van der Waals surface area contributed by atoms with Crippen LogP contribution < -0.4 is 5.43 Å². The Labute approximate surface area is 145 Å². The molecule has 1 amide bonds. The third-order valence-electron chi connectivity index (χ3n) is 4.00. The Morgan fingerprint density at radius 3 is 2.83 bits per heavy atom. The van der Waals surface area contributed by atoms with Crippen LogP contribution in [0.4, 0.5) is 5.69 Å². The molecule has 0 spiro atoms. The molecule has 7 heteroatoms. The molecule has 0 saturated heterocycles. The van der Waals surface area contributed by atoms with Gasteiger partial charge in [-0.15, -0.1) is 0 Å². The van der Waals surface area contributed by atoms with Crippen molar-refractivity contribution in [3.8, 4) is 0 Å². The van der Waals surface area contributed by atoms with Gasteiger partial charge in [0.2, 0.25) is 0 Å². The summed E-state index contributed by atoms with van der Waals surface area (Å²) in [5.74, 6) is -0.214. The molecule has 1 atom stereocenters. The summed E-state index contributed by atoms with van der Waals surface area (Å²) in [6.45, 7) is 7.88. The maximum Gasteiger partial charge on any atom is 0.288 e. The van der Waals surface area contributed by atoms with E-state index >= 15 is 0 Å². The van der Waals surface area contributed by atoms with Crippen LogP contribution in [0.25, 0.3) is 0 Å². The van der Waals surface area contributed by atoms with Crippen LogP contribution >= 0.6 is 11.6 Å². The first-order valence-corrected chi connectivity index (χ1v) is 7.80. The minimum absolute atomic E-state index is 0.0155. The maximum absolute atomic E-state index is 12.2. The molecule has 0 heterocycles. The van der Waals surface area contributed by atoms with Crippen molar-refractivity contribution in [3.63, 3.8) is 0 Å². The number of halogens is 1. The number of carbonyl (C=O) groups is 1. The summed E-state index contributed by atoms with van der Waals surface area (Å²) in [7, 11) is 0. The van der Waals surface area contributed by atoms with Gasteiger partial charge in [-0.3, -0.25) is 14.9 Å². The molecule has 0 bridgehead atoms.